The molecule has 0 aliphatic rings. The minimum Gasteiger partial charge on any atom is -0.392 e. The van der Waals surface area contributed by atoms with Crippen molar-refractivity contribution in [3.05, 3.63) is 56.4 Å². The largest absolute Gasteiger partial charge is 0.392 e. The lowest BCUT2D eigenvalue weighted by molar-refractivity contribution is 0.282. The zero-order valence-electron chi connectivity index (χ0n) is 8.71. The Bertz CT molecular complexity index is 587. The number of aromatic amines is 1. The van der Waals surface area contributed by atoms with Gasteiger partial charge in [0.05, 0.1) is 6.61 Å². The number of nitrogens with one attached hydrogen (secondary N) is 1. The molecule has 2 rings (SSSR count). The Labute approximate surface area is 108 Å². The Balaban J connectivity index is 2.63. The van der Waals surface area contributed by atoms with Gasteiger partial charge in [-0.25, -0.2) is 0 Å². The molecule has 1 aromatic carbocycles. The standard InChI is InChI=1S/C12H9Cl2NO2/c13-9-1-7(2-10(14)4-9)11-5-15-12(17)3-8(11)6-16/h1-5,16H,6H2,(H,15,17). The van der Waals surface area contributed by atoms with Gasteiger partial charge >= 0.3 is 0 Å². The highest BCUT2D eigenvalue weighted by atomic mass is 35.5. The molecule has 0 fully saturated rings. The van der Waals surface area contributed by atoms with Gasteiger partial charge in [0.25, 0.3) is 0 Å². The van der Waals surface area contributed by atoms with Crippen LogP contribution in [0.4, 0.5) is 0 Å². The van der Waals surface area contributed by atoms with Crippen LogP contribution in [0.15, 0.2) is 35.3 Å². The van der Waals surface area contributed by atoms with Gasteiger partial charge in [0.15, 0.2) is 0 Å². The fourth-order valence-corrected chi connectivity index (χ4v) is 2.15. The van der Waals surface area contributed by atoms with Gasteiger partial charge in [-0.2, -0.15) is 0 Å². The molecule has 0 saturated heterocycles. The molecule has 1 aromatic heterocycles. The minimum atomic E-state index is -0.258. The number of aromatic nitrogens is 1. The molecular formula is C12H9Cl2NO2. The van der Waals surface area contributed by atoms with E-state index in [0.717, 1.165) is 5.56 Å². The third kappa shape index (κ3) is 2.69. The Kier molecular flexibility index (Phi) is 3.52. The van der Waals surface area contributed by atoms with Crippen LogP contribution < -0.4 is 5.56 Å². The van der Waals surface area contributed by atoms with Crippen LogP contribution in [0.5, 0.6) is 0 Å². The summed E-state index contributed by atoms with van der Waals surface area (Å²) in [5.74, 6) is 0. The molecule has 2 aromatic rings. The van der Waals surface area contributed by atoms with Crippen molar-refractivity contribution in [3.63, 3.8) is 0 Å². The highest BCUT2D eigenvalue weighted by molar-refractivity contribution is 6.35. The number of benzene rings is 1. The van der Waals surface area contributed by atoms with Crippen molar-refractivity contribution in [2.24, 2.45) is 0 Å². The lowest BCUT2D eigenvalue weighted by atomic mass is 10.0. The van der Waals surface area contributed by atoms with Crippen molar-refractivity contribution in [2.75, 3.05) is 0 Å². The summed E-state index contributed by atoms with van der Waals surface area (Å²) in [7, 11) is 0. The smallest absolute Gasteiger partial charge is 0.248 e. The second-order valence-corrected chi connectivity index (χ2v) is 4.43. The van der Waals surface area contributed by atoms with Gasteiger partial charge in [-0.1, -0.05) is 23.2 Å². The number of H-pyrrole nitrogens is 1. The molecule has 88 valence electrons. The predicted molar refractivity (Wildman–Crippen MR) is 68.4 cm³/mol. The average molecular weight is 270 g/mol. The molecule has 0 radical (unpaired) electrons. The first-order valence-electron chi connectivity index (χ1n) is 4.89. The molecular weight excluding hydrogens is 261 g/mol. The summed E-state index contributed by atoms with van der Waals surface area (Å²) in [5, 5.41) is 10.2. The summed E-state index contributed by atoms with van der Waals surface area (Å²) in [6.45, 7) is -0.219. The zero-order valence-corrected chi connectivity index (χ0v) is 10.2. The predicted octanol–water partition coefficient (Wildman–Crippen LogP) is 2.84. The van der Waals surface area contributed by atoms with Crippen LogP contribution in [0.1, 0.15) is 5.56 Å². The van der Waals surface area contributed by atoms with Crippen molar-refractivity contribution in [1.29, 1.82) is 0 Å². The monoisotopic (exact) mass is 269 g/mol. The van der Waals surface area contributed by atoms with E-state index in [1.807, 2.05) is 0 Å². The number of aliphatic hydroxyl groups excluding tert-OH is 1. The molecule has 1 heterocycles. The van der Waals surface area contributed by atoms with Crippen molar-refractivity contribution in [1.82, 2.24) is 4.98 Å². The lowest BCUT2D eigenvalue weighted by Crippen LogP contribution is -2.06. The molecule has 0 aliphatic heterocycles. The second-order valence-electron chi connectivity index (χ2n) is 3.55. The van der Waals surface area contributed by atoms with Crippen LogP contribution in [-0.2, 0) is 6.61 Å². The maximum absolute atomic E-state index is 11.1. The maximum Gasteiger partial charge on any atom is 0.248 e. The molecule has 0 aliphatic carbocycles. The van der Waals surface area contributed by atoms with E-state index in [9.17, 15) is 9.90 Å². The number of pyridine rings is 1. The summed E-state index contributed by atoms with van der Waals surface area (Å²) < 4.78 is 0. The Hall–Kier alpha value is -1.29. The summed E-state index contributed by atoms with van der Waals surface area (Å²) in [6.07, 6.45) is 1.54. The normalized spacial score (nSPS) is 10.5. The third-order valence-electron chi connectivity index (χ3n) is 2.35. The van der Waals surface area contributed by atoms with Crippen molar-refractivity contribution in [3.8, 4) is 11.1 Å². The highest BCUT2D eigenvalue weighted by Gasteiger charge is 2.07. The molecule has 0 atom stereocenters. The fourth-order valence-electron chi connectivity index (χ4n) is 1.62. The van der Waals surface area contributed by atoms with E-state index in [2.05, 4.69) is 4.98 Å². The summed E-state index contributed by atoms with van der Waals surface area (Å²) in [4.78, 5) is 13.7. The van der Waals surface area contributed by atoms with Gasteiger partial charge in [-0.3, -0.25) is 4.79 Å². The van der Waals surface area contributed by atoms with Gasteiger partial charge in [0, 0.05) is 27.9 Å². The second kappa shape index (κ2) is 4.92. The summed E-state index contributed by atoms with van der Waals surface area (Å²) >= 11 is 11.8. The quantitative estimate of drug-likeness (QED) is 0.881. The van der Waals surface area contributed by atoms with Crippen LogP contribution in [-0.4, -0.2) is 10.1 Å². The van der Waals surface area contributed by atoms with Crippen LogP contribution in [0.25, 0.3) is 11.1 Å². The SMILES string of the molecule is O=c1cc(CO)c(-c2cc(Cl)cc(Cl)c2)c[nH]1. The molecule has 0 saturated carbocycles. The summed E-state index contributed by atoms with van der Waals surface area (Å²) in [6, 6.07) is 6.42. The fraction of sp³-hybridized carbons (Fsp3) is 0.0833. The van der Waals surface area contributed by atoms with E-state index >= 15 is 0 Å². The van der Waals surface area contributed by atoms with E-state index in [-0.39, 0.29) is 12.2 Å². The number of aliphatic hydroxyl groups is 1. The molecule has 0 bridgehead atoms. The molecule has 2 N–H and O–H groups in total. The number of halogens is 2. The molecule has 0 spiro atoms. The van der Waals surface area contributed by atoms with Gasteiger partial charge in [-0.15, -0.1) is 0 Å². The third-order valence-corrected chi connectivity index (χ3v) is 2.79. The maximum atomic E-state index is 11.1. The van der Waals surface area contributed by atoms with Crippen LogP contribution in [0.2, 0.25) is 10.0 Å². The van der Waals surface area contributed by atoms with Gasteiger partial charge in [0.2, 0.25) is 5.56 Å². The Morgan fingerprint density at radius 3 is 2.35 bits per heavy atom. The Morgan fingerprint density at radius 2 is 1.76 bits per heavy atom. The van der Waals surface area contributed by atoms with Crippen molar-refractivity contribution in [2.45, 2.75) is 6.61 Å². The van der Waals surface area contributed by atoms with Gasteiger partial charge in [-0.05, 0) is 29.3 Å². The zero-order chi connectivity index (χ0) is 12.4. The van der Waals surface area contributed by atoms with Crippen molar-refractivity contribution < 1.29 is 5.11 Å². The van der Waals surface area contributed by atoms with E-state index in [0.29, 0.717) is 21.2 Å². The van der Waals surface area contributed by atoms with Crippen molar-refractivity contribution >= 4 is 23.2 Å². The number of hydrogen-bond acceptors (Lipinski definition) is 2. The molecule has 3 nitrogen and oxygen atoms in total. The van der Waals surface area contributed by atoms with Crippen LogP contribution >= 0.6 is 23.2 Å². The minimum absolute atomic E-state index is 0.219. The van der Waals surface area contributed by atoms with Crippen LogP contribution in [0, 0.1) is 0 Å². The number of rotatable bonds is 2. The Morgan fingerprint density at radius 1 is 1.12 bits per heavy atom. The molecule has 17 heavy (non-hydrogen) atoms. The molecule has 0 amide bonds. The first-order valence-corrected chi connectivity index (χ1v) is 5.64. The highest BCUT2D eigenvalue weighted by Crippen LogP contribution is 2.28. The van der Waals surface area contributed by atoms with Gasteiger partial charge < -0.3 is 10.1 Å². The topological polar surface area (TPSA) is 53.1 Å². The van der Waals surface area contributed by atoms with E-state index in [1.54, 1.807) is 18.2 Å². The average Bonchev–Trinajstić information content (AvgIpc) is 2.27. The lowest BCUT2D eigenvalue weighted by Gasteiger charge is -2.07. The first kappa shape index (κ1) is 12.2. The summed E-state index contributed by atoms with van der Waals surface area (Å²) in [5.41, 5.74) is 1.73. The van der Waals surface area contributed by atoms with E-state index < -0.39 is 0 Å². The van der Waals surface area contributed by atoms with Gasteiger partial charge in [0.1, 0.15) is 0 Å². The van der Waals surface area contributed by atoms with E-state index in [4.69, 9.17) is 23.2 Å². The first-order chi connectivity index (χ1) is 8.10. The van der Waals surface area contributed by atoms with E-state index in [1.165, 1.54) is 12.3 Å². The molecule has 0 unspecified atom stereocenters. The van der Waals surface area contributed by atoms with Crippen LogP contribution in [0.3, 0.4) is 0 Å². The number of hydrogen-bond donors (Lipinski definition) is 2. The molecule has 5 heteroatoms.